The van der Waals surface area contributed by atoms with Gasteiger partial charge in [-0.15, -0.1) is 0 Å². The van der Waals surface area contributed by atoms with Crippen molar-refractivity contribution in [3.05, 3.63) is 122 Å². The maximum atomic E-state index is 13.2. The summed E-state index contributed by atoms with van der Waals surface area (Å²) in [5.41, 5.74) is 10.7. The minimum absolute atomic E-state index is 0. The van der Waals surface area contributed by atoms with Crippen molar-refractivity contribution in [2.24, 2.45) is 5.73 Å². The Kier molecular flexibility index (Phi) is 60.8. The molecule has 0 spiro atoms. The number of benzene rings is 2. The number of esters is 3. The standard InChI is InChI=1S/C19H21N3O3S.C12H16O3.C11H17N3O2S.C9H15N3OS.C9H13N3OS.C8H9ClN2O2S.C3H9N.Al.Cl2O2S.Li.Mn.2O.4H/c1-11(2)22-17-13(10-20-19(21-17)26-5)8-16(18(22)23)12-6-14(24-3)9-15(7-12)25-4;1-4-15-12(13)8-10-5-9(2)6-11(7-10)14-3;1-5-16-10(15)8-6-12-11(17-4)14-9(8)13-7(2)3;2*1-6(2)11-8-7(5-13)4-10-9(12-8)14-3;1-3-13-7(12)5-4-10-8(14-2)11-6(5)9;1-3(2)4;;1-5(2,3)4;;;;;;;;/h6-11H,1-5H3;5-7H,4,8H2,1-3H3;6-7H,5H2,1-4H3,(H,12,13,14);4,6,13H,5H2,1-3H3,(H,10,11,12);4-6H,1-3H3,(H,10,11,12);4H,3H2,1-2H3;3H,4H2,1-2H3;;;;;;;;;;/q;;;;;;;;;+1;;;;;;;-1. The number of ether oxygens (including phenoxy) is 6. The van der Waals surface area contributed by atoms with E-state index in [1.807, 2.05) is 144 Å². The molecule has 8 rings (SSSR count). The molecule has 0 aliphatic carbocycles. The Hall–Kier alpha value is -6.33. The van der Waals surface area contributed by atoms with E-state index in [0.717, 1.165) is 45.5 Å². The summed E-state index contributed by atoms with van der Waals surface area (Å²) in [5.74, 6) is 2.79. The number of nitrogens with one attached hydrogen (secondary N) is 3. The van der Waals surface area contributed by atoms with Crippen molar-refractivity contribution in [1.82, 2.24) is 54.4 Å². The number of methoxy groups -OCH3 is 3. The van der Waals surface area contributed by atoms with Gasteiger partial charge in [-0.1, -0.05) is 90.3 Å². The normalized spacial score (nSPS) is 10.1. The first kappa shape index (κ1) is 112. The first-order chi connectivity index (χ1) is 52.9. The summed E-state index contributed by atoms with van der Waals surface area (Å²) in [7, 11) is 9.60. The van der Waals surface area contributed by atoms with E-state index in [4.69, 9.17) is 66.9 Å². The number of rotatable bonds is 25. The van der Waals surface area contributed by atoms with Gasteiger partial charge < -0.3 is 56.6 Å². The molecule has 0 aliphatic rings. The van der Waals surface area contributed by atoms with Crippen molar-refractivity contribution in [3.63, 3.8) is 0 Å². The molecule has 114 heavy (non-hydrogen) atoms. The van der Waals surface area contributed by atoms with Crippen molar-refractivity contribution in [2.45, 2.75) is 166 Å². The number of nitrogens with two attached hydrogens (primary N) is 1. The van der Waals surface area contributed by atoms with Gasteiger partial charge in [0, 0.05) is 99.1 Å². The molecule has 0 fully saturated rings. The number of hydrogen-bond donors (Lipinski definition) is 5. The molecule has 6 N–H and O–H groups in total. The Morgan fingerprint density at radius 1 is 0.605 bits per heavy atom. The fraction of sp³-hybridized carbons (Fsp3) is 0.451. The number of hydrogen-bond acceptors (Lipinski definition) is 35. The van der Waals surface area contributed by atoms with E-state index in [0.29, 0.717) is 110 Å². The van der Waals surface area contributed by atoms with Gasteiger partial charge in [-0.2, -0.15) is 8.42 Å². The van der Waals surface area contributed by atoms with E-state index in [9.17, 15) is 24.0 Å². The van der Waals surface area contributed by atoms with Crippen LogP contribution in [0.2, 0.25) is 5.15 Å². The van der Waals surface area contributed by atoms with Gasteiger partial charge in [-0.25, -0.2) is 59.4 Å². The van der Waals surface area contributed by atoms with Crippen LogP contribution >= 0.6 is 91.8 Å². The molecular formula is C71H104AlCl3LiMnN15O16S6. The Morgan fingerprint density at radius 3 is 1.43 bits per heavy atom. The molecule has 0 radical (unpaired) electrons. The SMILES string of the molecule is CC(C)N.CCOC(=O)Cc1cc(C)cc(OC)c1.CCOC(=O)c1cnc(SC)nc1Cl.CCOC(=O)c1cnc(SC)nc1NC(C)C.COc1cc(OC)cc(-c2cc3cnc(SC)nc3n(C(C)C)c2=O)c1.CSc1ncc(C=O)c(NC(C)C)n1.CSc1ncc(CO)c(NC(C)C)n1.O=S(=O)(Cl)Cl.[AlH3].[H-].[Li+].[O]=[Mn]=[O]. The van der Waals surface area contributed by atoms with Gasteiger partial charge in [-0.05, 0) is 167 Å². The van der Waals surface area contributed by atoms with Crippen LogP contribution in [0.3, 0.4) is 0 Å². The second-order valence-corrected chi connectivity index (χ2v) is 31.4. The number of pyridine rings is 1. The van der Waals surface area contributed by atoms with Crippen LogP contribution < -0.4 is 60.3 Å². The zero-order valence-corrected chi connectivity index (χ0v) is 75.8. The fourth-order valence-electron chi connectivity index (χ4n) is 8.22. The van der Waals surface area contributed by atoms with E-state index < -0.39 is 35.0 Å². The minimum atomic E-state index is -3.72. The van der Waals surface area contributed by atoms with Crippen LogP contribution in [0.4, 0.5) is 17.5 Å². The Bertz CT molecular complexity index is 4440. The van der Waals surface area contributed by atoms with E-state index >= 15 is 0 Å². The number of aliphatic hydroxyl groups is 1. The number of aryl methyl sites for hydroxylation is 1. The average Bonchev–Trinajstić information content (AvgIpc) is 0.763. The first-order valence-electron chi connectivity index (χ1n) is 33.7. The summed E-state index contributed by atoms with van der Waals surface area (Å²) < 4.78 is 67.3. The molecule has 43 heteroatoms. The van der Waals surface area contributed by atoms with Gasteiger partial charge in [0.15, 0.2) is 49.4 Å². The molecule has 0 bridgehead atoms. The molecule has 627 valence electrons. The zero-order chi connectivity index (χ0) is 85.4. The molecule has 0 unspecified atom stereocenters. The van der Waals surface area contributed by atoms with Crippen LogP contribution in [0.25, 0.3) is 22.2 Å². The molecular weight excluding hydrogens is 1710 g/mol. The molecule has 0 aliphatic heterocycles. The summed E-state index contributed by atoms with van der Waals surface area (Å²) in [6.45, 7) is 28.1. The van der Waals surface area contributed by atoms with Gasteiger partial charge in [-0.3, -0.25) is 19.0 Å². The van der Waals surface area contributed by atoms with E-state index in [1.54, 1.807) is 65.1 Å². The summed E-state index contributed by atoms with van der Waals surface area (Å²) in [4.78, 5) is 99.8. The van der Waals surface area contributed by atoms with Crippen LogP contribution in [-0.4, -0.2) is 206 Å². The fourth-order valence-corrected chi connectivity index (χ4v) is 10.2. The van der Waals surface area contributed by atoms with Crippen molar-refractivity contribution >= 4 is 170 Å². The predicted octanol–water partition coefficient (Wildman–Crippen LogP) is 10.2. The molecule has 6 heterocycles. The number of anilines is 3. The molecule has 0 saturated carbocycles. The van der Waals surface area contributed by atoms with Crippen molar-refractivity contribution in [2.75, 3.05) is 88.4 Å². The number of carbonyl (C=O) groups excluding carboxylic acids is 4. The molecule has 6 aromatic heterocycles. The number of fused-ring (bicyclic) bond motifs is 1. The quantitative estimate of drug-likeness (QED) is 0.00519. The second-order valence-electron chi connectivity index (χ2n) is 23.3. The molecule has 0 atom stereocenters. The predicted molar refractivity (Wildman–Crippen MR) is 455 cm³/mol. The topological polar surface area (TPSA) is 425 Å². The number of aldehydes is 1. The van der Waals surface area contributed by atoms with Crippen LogP contribution in [0.1, 0.15) is 145 Å². The summed E-state index contributed by atoms with van der Waals surface area (Å²) >= 11 is 11.5. The van der Waals surface area contributed by atoms with Crippen LogP contribution in [0, 0.1) is 6.92 Å². The Balaban J connectivity index is -0.000000630. The monoisotopic (exact) mass is 1810 g/mol. The number of carbonyl (C=O) groups is 4. The van der Waals surface area contributed by atoms with Crippen LogP contribution in [0.5, 0.6) is 17.2 Å². The van der Waals surface area contributed by atoms with Gasteiger partial charge in [0.2, 0.25) is 0 Å². The molecule has 2 aromatic carbocycles. The third-order valence-electron chi connectivity index (χ3n) is 12.5. The van der Waals surface area contributed by atoms with Gasteiger partial charge in [0.25, 0.3) is 5.56 Å². The van der Waals surface area contributed by atoms with E-state index in [1.165, 1.54) is 77.4 Å². The Morgan fingerprint density at radius 2 is 1.00 bits per heavy atom. The van der Waals surface area contributed by atoms with Crippen molar-refractivity contribution in [1.29, 1.82) is 0 Å². The van der Waals surface area contributed by atoms with Gasteiger partial charge in [0.1, 0.15) is 56.6 Å². The second kappa shape index (κ2) is 61.9. The van der Waals surface area contributed by atoms with E-state index in [2.05, 4.69) is 87.2 Å². The van der Waals surface area contributed by atoms with Crippen LogP contribution in [0.15, 0.2) is 104 Å². The maximum absolute atomic E-state index is 13.2. The van der Waals surface area contributed by atoms with Crippen LogP contribution in [-0.2, 0) is 62.8 Å². The number of halogens is 3. The third kappa shape index (κ3) is 45.4. The van der Waals surface area contributed by atoms with E-state index in [-0.39, 0.29) is 84.6 Å². The van der Waals surface area contributed by atoms with Gasteiger partial charge in [0.05, 0.1) is 59.7 Å². The average molecular weight is 1810 g/mol. The Labute approximate surface area is 732 Å². The summed E-state index contributed by atoms with van der Waals surface area (Å²) in [5, 5.41) is 22.6. The zero-order valence-electron chi connectivity index (χ0n) is 68.5. The number of aromatic nitrogens is 11. The van der Waals surface area contributed by atoms with Crippen molar-refractivity contribution in [3.8, 4) is 28.4 Å². The summed E-state index contributed by atoms with van der Waals surface area (Å²) in [6, 6.07) is 14.0. The number of thioether (sulfide) groups is 5. The summed E-state index contributed by atoms with van der Waals surface area (Å²) in [6.07, 6.45) is 18.3. The molecule has 31 nitrogen and oxygen atoms in total. The molecule has 0 amide bonds. The number of aliphatic hydroxyl groups excluding tert-OH is 1. The molecule has 8 aromatic rings. The molecule has 0 saturated heterocycles. The van der Waals surface area contributed by atoms with Gasteiger partial charge >= 0.3 is 67.5 Å². The first-order valence-corrected chi connectivity index (χ1v) is 44.3. The third-order valence-corrected chi connectivity index (χ3v) is 15.6. The van der Waals surface area contributed by atoms with Crippen molar-refractivity contribution < 1.29 is 104 Å². The number of nitrogens with zero attached hydrogens (tertiary/aromatic N) is 11.